The highest BCUT2D eigenvalue weighted by Gasteiger charge is 2.18. The number of carboxylic acid groups (broad SMARTS) is 1. The zero-order chi connectivity index (χ0) is 16.0. The molecule has 1 unspecified atom stereocenters. The molecule has 0 fully saturated rings. The molecule has 2 N–H and O–H groups in total. The van der Waals surface area contributed by atoms with Gasteiger partial charge in [0.15, 0.2) is 0 Å². The summed E-state index contributed by atoms with van der Waals surface area (Å²) in [6.07, 6.45) is 2.00. The van der Waals surface area contributed by atoms with Crippen LogP contribution in [0.3, 0.4) is 0 Å². The van der Waals surface area contributed by atoms with Crippen molar-refractivity contribution < 1.29 is 23.1 Å². The second-order valence-electron chi connectivity index (χ2n) is 4.26. The lowest BCUT2D eigenvalue weighted by atomic mass is 10.2. The van der Waals surface area contributed by atoms with E-state index in [1.807, 2.05) is 0 Å². The summed E-state index contributed by atoms with van der Waals surface area (Å²) in [6, 6.07) is 4.18. The standard InChI is InChI=1S/C13H16ClNO5S/c1-9(20-2)8-15-21(18,19)12-5-3-10(7-11(12)14)4-6-13(16)17/h3-7,9,15H,8H2,1-2H3,(H,16,17)/b6-4+. The van der Waals surface area contributed by atoms with Gasteiger partial charge in [-0.2, -0.15) is 0 Å². The Hall–Kier alpha value is -1.41. The van der Waals surface area contributed by atoms with Crippen LogP contribution in [0.2, 0.25) is 5.02 Å². The Morgan fingerprint density at radius 3 is 2.71 bits per heavy atom. The molecule has 0 saturated carbocycles. The zero-order valence-corrected chi connectivity index (χ0v) is 13.1. The number of hydrogen-bond donors (Lipinski definition) is 2. The minimum absolute atomic E-state index is 0.0140. The number of carbonyl (C=O) groups is 1. The van der Waals surface area contributed by atoms with Gasteiger partial charge in [0.1, 0.15) is 4.90 Å². The van der Waals surface area contributed by atoms with Crippen LogP contribution in [0, 0.1) is 0 Å². The molecule has 0 amide bonds. The van der Waals surface area contributed by atoms with Gasteiger partial charge in [-0.05, 0) is 30.7 Å². The summed E-state index contributed by atoms with van der Waals surface area (Å²) >= 11 is 5.95. The van der Waals surface area contributed by atoms with Crippen molar-refractivity contribution in [1.82, 2.24) is 4.72 Å². The second kappa shape index (κ2) is 7.56. The molecule has 0 bridgehead atoms. The first-order valence-corrected chi connectivity index (χ1v) is 7.85. The maximum absolute atomic E-state index is 12.1. The van der Waals surface area contributed by atoms with Crippen LogP contribution in [-0.4, -0.2) is 39.3 Å². The van der Waals surface area contributed by atoms with E-state index in [0.29, 0.717) is 5.56 Å². The lowest BCUT2D eigenvalue weighted by molar-refractivity contribution is -0.131. The van der Waals surface area contributed by atoms with Gasteiger partial charge < -0.3 is 9.84 Å². The lowest BCUT2D eigenvalue weighted by Gasteiger charge is -2.12. The summed E-state index contributed by atoms with van der Waals surface area (Å²) in [5.41, 5.74) is 0.492. The van der Waals surface area contributed by atoms with Gasteiger partial charge in [-0.25, -0.2) is 17.9 Å². The van der Waals surface area contributed by atoms with Gasteiger partial charge in [0.25, 0.3) is 0 Å². The van der Waals surface area contributed by atoms with Crippen molar-refractivity contribution in [3.05, 3.63) is 34.9 Å². The molecule has 1 aromatic carbocycles. The quantitative estimate of drug-likeness (QED) is 0.742. The smallest absolute Gasteiger partial charge is 0.328 e. The molecule has 0 aliphatic rings. The highest BCUT2D eigenvalue weighted by Crippen LogP contribution is 2.23. The third kappa shape index (κ3) is 5.47. The third-order valence-electron chi connectivity index (χ3n) is 2.63. The number of rotatable bonds is 7. The van der Waals surface area contributed by atoms with E-state index in [4.69, 9.17) is 21.4 Å². The van der Waals surface area contributed by atoms with Crippen LogP contribution in [0.5, 0.6) is 0 Å². The van der Waals surface area contributed by atoms with E-state index in [2.05, 4.69) is 4.72 Å². The summed E-state index contributed by atoms with van der Waals surface area (Å²) in [5.74, 6) is -1.10. The van der Waals surface area contributed by atoms with Gasteiger partial charge in [0.2, 0.25) is 10.0 Å². The SMILES string of the molecule is COC(C)CNS(=O)(=O)c1ccc(/C=C/C(=O)O)cc1Cl. The molecule has 0 spiro atoms. The minimum Gasteiger partial charge on any atom is -0.478 e. The lowest BCUT2D eigenvalue weighted by Crippen LogP contribution is -2.31. The highest BCUT2D eigenvalue weighted by atomic mass is 35.5. The molecule has 0 aromatic heterocycles. The molecule has 116 valence electrons. The zero-order valence-electron chi connectivity index (χ0n) is 11.5. The van der Waals surface area contributed by atoms with Crippen molar-refractivity contribution in [3.63, 3.8) is 0 Å². The molecule has 6 nitrogen and oxygen atoms in total. The number of sulfonamides is 1. The van der Waals surface area contributed by atoms with Crippen LogP contribution < -0.4 is 4.72 Å². The summed E-state index contributed by atoms with van der Waals surface area (Å²) in [6.45, 7) is 1.85. The Labute approximate surface area is 128 Å². The number of nitrogens with one attached hydrogen (secondary N) is 1. The van der Waals surface area contributed by atoms with E-state index in [-0.39, 0.29) is 22.6 Å². The summed E-state index contributed by atoms with van der Waals surface area (Å²) in [5, 5.41) is 8.55. The van der Waals surface area contributed by atoms with Crippen molar-refractivity contribution in [1.29, 1.82) is 0 Å². The Bertz CT molecular complexity index is 642. The van der Waals surface area contributed by atoms with E-state index in [0.717, 1.165) is 6.08 Å². The number of aliphatic carboxylic acids is 1. The third-order valence-corrected chi connectivity index (χ3v) is 4.53. The van der Waals surface area contributed by atoms with Gasteiger partial charge >= 0.3 is 5.97 Å². The Kier molecular flexibility index (Phi) is 6.35. The molecule has 1 atom stereocenters. The Morgan fingerprint density at radius 2 is 2.19 bits per heavy atom. The molecule has 1 rings (SSSR count). The Balaban J connectivity index is 2.96. The van der Waals surface area contributed by atoms with E-state index < -0.39 is 16.0 Å². The number of ether oxygens (including phenoxy) is 1. The summed E-state index contributed by atoms with van der Waals surface area (Å²) in [4.78, 5) is 10.4. The molecular formula is C13H16ClNO5S. The predicted octanol–water partition coefficient (Wildman–Crippen LogP) is 1.75. The molecule has 0 saturated heterocycles. The average Bonchev–Trinajstić information content (AvgIpc) is 2.42. The number of benzene rings is 1. The molecule has 0 aliphatic heterocycles. The van der Waals surface area contributed by atoms with Crippen LogP contribution in [0.25, 0.3) is 6.08 Å². The van der Waals surface area contributed by atoms with Gasteiger partial charge in [-0.3, -0.25) is 0 Å². The number of carboxylic acids is 1. The van der Waals surface area contributed by atoms with Crippen LogP contribution in [0.4, 0.5) is 0 Å². The van der Waals surface area contributed by atoms with Crippen molar-refractivity contribution in [2.45, 2.75) is 17.9 Å². The highest BCUT2D eigenvalue weighted by molar-refractivity contribution is 7.89. The molecule has 0 aliphatic carbocycles. The monoisotopic (exact) mass is 333 g/mol. The maximum Gasteiger partial charge on any atom is 0.328 e. The summed E-state index contributed by atoms with van der Waals surface area (Å²) in [7, 11) is -2.26. The molecule has 1 aromatic rings. The minimum atomic E-state index is -3.75. The molecule has 0 radical (unpaired) electrons. The fraction of sp³-hybridized carbons (Fsp3) is 0.308. The van der Waals surface area contributed by atoms with E-state index in [1.54, 1.807) is 6.92 Å². The largest absolute Gasteiger partial charge is 0.478 e. The first kappa shape index (κ1) is 17.6. The fourth-order valence-corrected chi connectivity index (χ4v) is 3.06. The average molecular weight is 334 g/mol. The molecule has 0 heterocycles. The van der Waals surface area contributed by atoms with E-state index in [9.17, 15) is 13.2 Å². The van der Waals surface area contributed by atoms with Crippen LogP contribution >= 0.6 is 11.6 Å². The van der Waals surface area contributed by atoms with Gasteiger partial charge in [-0.1, -0.05) is 17.7 Å². The summed E-state index contributed by atoms with van der Waals surface area (Å²) < 4.78 is 31.5. The first-order valence-electron chi connectivity index (χ1n) is 5.99. The molecular weight excluding hydrogens is 318 g/mol. The van der Waals surface area contributed by atoms with Crippen LogP contribution in [-0.2, 0) is 19.6 Å². The predicted molar refractivity (Wildman–Crippen MR) is 79.8 cm³/mol. The number of halogens is 1. The van der Waals surface area contributed by atoms with E-state index in [1.165, 1.54) is 31.4 Å². The Morgan fingerprint density at radius 1 is 1.52 bits per heavy atom. The van der Waals surface area contributed by atoms with Crippen molar-refractivity contribution in [2.24, 2.45) is 0 Å². The number of methoxy groups -OCH3 is 1. The molecule has 21 heavy (non-hydrogen) atoms. The van der Waals surface area contributed by atoms with Crippen molar-refractivity contribution in [3.8, 4) is 0 Å². The van der Waals surface area contributed by atoms with Crippen molar-refractivity contribution in [2.75, 3.05) is 13.7 Å². The number of hydrogen-bond acceptors (Lipinski definition) is 4. The second-order valence-corrected chi connectivity index (χ2v) is 6.40. The maximum atomic E-state index is 12.1. The van der Waals surface area contributed by atoms with Crippen LogP contribution in [0.15, 0.2) is 29.2 Å². The molecule has 8 heteroatoms. The topological polar surface area (TPSA) is 92.7 Å². The van der Waals surface area contributed by atoms with Crippen molar-refractivity contribution >= 4 is 33.7 Å². The van der Waals surface area contributed by atoms with Crippen LogP contribution in [0.1, 0.15) is 12.5 Å². The first-order chi connectivity index (χ1) is 9.76. The normalized spacial score (nSPS) is 13.5. The fourth-order valence-electron chi connectivity index (χ4n) is 1.39. The van der Waals surface area contributed by atoms with Gasteiger partial charge in [-0.15, -0.1) is 0 Å². The van der Waals surface area contributed by atoms with Gasteiger partial charge in [0.05, 0.1) is 11.1 Å². The van der Waals surface area contributed by atoms with E-state index >= 15 is 0 Å². The van der Waals surface area contributed by atoms with Gasteiger partial charge in [0, 0.05) is 19.7 Å².